The van der Waals surface area contributed by atoms with E-state index in [0.29, 0.717) is 0 Å². The van der Waals surface area contributed by atoms with Crippen molar-refractivity contribution in [3.8, 4) is 11.5 Å². The maximum Gasteiger partial charge on any atom is 0.131 e. The van der Waals surface area contributed by atoms with Crippen LogP contribution in [-0.4, -0.2) is 11.2 Å². The summed E-state index contributed by atoms with van der Waals surface area (Å²) in [5.74, 6) is 1.74. The van der Waals surface area contributed by atoms with E-state index in [-0.39, 0.29) is 12.0 Å². The normalized spacial score (nSPS) is 15.3. The molecule has 0 aromatic heterocycles. The smallest absolute Gasteiger partial charge is 0.131 e. The summed E-state index contributed by atoms with van der Waals surface area (Å²) in [5.41, 5.74) is 2.17. The van der Waals surface area contributed by atoms with E-state index >= 15 is 0 Å². The van der Waals surface area contributed by atoms with Gasteiger partial charge in [-0.05, 0) is 18.6 Å². The molecular weight excluding hydrogens is 236 g/mol. The standard InChI is InChI=1S/C17H18O2/c1-2-7-14(18)17-12-8-3-5-10-15(12)19-16-11-6-4-9-13(16)17/h3-6,8-11,14,17-18H,2,7H2,1H3. The lowest BCUT2D eigenvalue weighted by molar-refractivity contribution is 0.141. The first-order chi connectivity index (χ1) is 9.31. The minimum Gasteiger partial charge on any atom is -0.457 e. The summed E-state index contributed by atoms with van der Waals surface area (Å²) in [4.78, 5) is 0. The Morgan fingerprint density at radius 3 is 2.05 bits per heavy atom. The van der Waals surface area contributed by atoms with Crippen LogP contribution in [0, 0.1) is 0 Å². The highest BCUT2D eigenvalue weighted by atomic mass is 16.5. The fourth-order valence-electron chi connectivity index (χ4n) is 2.82. The Balaban J connectivity index is 2.11. The molecule has 0 saturated carbocycles. The number of hydrogen-bond acceptors (Lipinski definition) is 2. The van der Waals surface area contributed by atoms with Crippen molar-refractivity contribution >= 4 is 0 Å². The molecule has 0 amide bonds. The Labute approximate surface area is 113 Å². The zero-order chi connectivity index (χ0) is 13.2. The molecule has 1 unspecified atom stereocenters. The van der Waals surface area contributed by atoms with Crippen molar-refractivity contribution in [3.05, 3.63) is 59.7 Å². The molecule has 1 aliphatic rings. The van der Waals surface area contributed by atoms with Crippen LogP contribution in [0.4, 0.5) is 0 Å². The Kier molecular flexibility index (Phi) is 3.26. The summed E-state index contributed by atoms with van der Waals surface area (Å²) in [5, 5.41) is 10.5. The minimum absolute atomic E-state index is 0.0149. The topological polar surface area (TPSA) is 29.5 Å². The molecule has 1 aliphatic heterocycles. The van der Waals surface area contributed by atoms with Crippen molar-refractivity contribution in [2.24, 2.45) is 0 Å². The molecular formula is C17H18O2. The van der Waals surface area contributed by atoms with Gasteiger partial charge in [-0.3, -0.25) is 0 Å². The highest BCUT2D eigenvalue weighted by molar-refractivity contribution is 5.53. The number of para-hydroxylation sites is 2. The Morgan fingerprint density at radius 1 is 1.00 bits per heavy atom. The summed E-state index contributed by atoms with van der Waals surface area (Å²) < 4.78 is 5.92. The van der Waals surface area contributed by atoms with Gasteiger partial charge in [0.15, 0.2) is 0 Å². The third-order valence-electron chi connectivity index (χ3n) is 3.70. The monoisotopic (exact) mass is 254 g/mol. The Hall–Kier alpha value is -1.80. The van der Waals surface area contributed by atoms with E-state index in [9.17, 15) is 5.11 Å². The molecule has 98 valence electrons. The van der Waals surface area contributed by atoms with Crippen LogP contribution in [0.1, 0.15) is 36.8 Å². The number of fused-ring (bicyclic) bond motifs is 2. The maximum atomic E-state index is 10.5. The van der Waals surface area contributed by atoms with Gasteiger partial charge in [-0.15, -0.1) is 0 Å². The molecule has 0 spiro atoms. The number of aliphatic hydroxyl groups is 1. The van der Waals surface area contributed by atoms with Crippen molar-refractivity contribution in [2.45, 2.75) is 31.8 Å². The van der Waals surface area contributed by atoms with E-state index in [4.69, 9.17) is 4.74 Å². The van der Waals surface area contributed by atoms with Crippen molar-refractivity contribution in [1.82, 2.24) is 0 Å². The molecule has 2 nitrogen and oxygen atoms in total. The number of benzene rings is 2. The van der Waals surface area contributed by atoms with Gasteiger partial charge in [-0.2, -0.15) is 0 Å². The van der Waals surface area contributed by atoms with Gasteiger partial charge in [0.25, 0.3) is 0 Å². The molecule has 1 atom stereocenters. The van der Waals surface area contributed by atoms with E-state index in [0.717, 1.165) is 35.5 Å². The zero-order valence-electron chi connectivity index (χ0n) is 11.0. The van der Waals surface area contributed by atoms with Crippen molar-refractivity contribution in [3.63, 3.8) is 0 Å². The molecule has 2 aromatic rings. The predicted octanol–water partition coefficient (Wildman–Crippen LogP) is 4.09. The quantitative estimate of drug-likeness (QED) is 0.894. The van der Waals surface area contributed by atoms with Gasteiger partial charge in [0, 0.05) is 17.0 Å². The lowest BCUT2D eigenvalue weighted by Crippen LogP contribution is -2.23. The third-order valence-corrected chi connectivity index (χ3v) is 3.70. The fourth-order valence-corrected chi connectivity index (χ4v) is 2.82. The number of ether oxygens (including phenoxy) is 1. The molecule has 1 heterocycles. The number of rotatable bonds is 3. The van der Waals surface area contributed by atoms with Gasteiger partial charge in [0.05, 0.1) is 6.10 Å². The van der Waals surface area contributed by atoms with Gasteiger partial charge in [-0.1, -0.05) is 49.7 Å². The van der Waals surface area contributed by atoms with Crippen LogP contribution in [0.3, 0.4) is 0 Å². The van der Waals surface area contributed by atoms with Crippen LogP contribution < -0.4 is 4.74 Å². The molecule has 2 aromatic carbocycles. The second kappa shape index (κ2) is 5.06. The number of hydrogen-bond donors (Lipinski definition) is 1. The lowest BCUT2D eigenvalue weighted by Gasteiger charge is -2.31. The zero-order valence-corrected chi connectivity index (χ0v) is 11.0. The second-order valence-corrected chi connectivity index (χ2v) is 5.01. The molecule has 0 aliphatic carbocycles. The summed E-state index contributed by atoms with van der Waals surface area (Å²) in [6.07, 6.45) is 1.41. The third kappa shape index (κ3) is 2.13. The van der Waals surface area contributed by atoms with Crippen molar-refractivity contribution in [1.29, 1.82) is 0 Å². The van der Waals surface area contributed by atoms with Crippen LogP contribution in [0.5, 0.6) is 11.5 Å². The van der Waals surface area contributed by atoms with Gasteiger partial charge in [0.2, 0.25) is 0 Å². The van der Waals surface area contributed by atoms with Gasteiger partial charge >= 0.3 is 0 Å². The van der Waals surface area contributed by atoms with Gasteiger partial charge in [-0.25, -0.2) is 0 Å². The largest absolute Gasteiger partial charge is 0.457 e. The molecule has 1 N–H and O–H groups in total. The SMILES string of the molecule is CCCC(O)C1c2ccccc2Oc2ccccc21. The maximum absolute atomic E-state index is 10.5. The minimum atomic E-state index is -0.365. The average molecular weight is 254 g/mol. The van der Waals surface area contributed by atoms with Crippen LogP contribution in [0.25, 0.3) is 0 Å². The van der Waals surface area contributed by atoms with E-state index in [2.05, 4.69) is 19.1 Å². The Bertz CT molecular complexity index is 531. The highest BCUT2D eigenvalue weighted by Crippen LogP contribution is 2.45. The van der Waals surface area contributed by atoms with E-state index in [1.165, 1.54) is 0 Å². The molecule has 0 fully saturated rings. The van der Waals surface area contributed by atoms with Crippen molar-refractivity contribution < 1.29 is 9.84 Å². The summed E-state index contributed by atoms with van der Waals surface area (Å²) >= 11 is 0. The molecule has 19 heavy (non-hydrogen) atoms. The summed E-state index contributed by atoms with van der Waals surface area (Å²) in [6, 6.07) is 16.0. The van der Waals surface area contributed by atoms with E-state index in [1.54, 1.807) is 0 Å². The van der Waals surface area contributed by atoms with Crippen LogP contribution >= 0.6 is 0 Å². The predicted molar refractivity (Wildman–Crippen MR) is 75.7 cm³/mol. The molecule has 3 rings (SSSR count). The van der Waals surface area contributed by atoms with Crippen LogP contribution in [0.15, 0.2) is 48.5 Å². The summed E-state index contributed by atoms with van der Waals surface area (Å²) in [6.45, 7) is 2.10. The Morgan fingerprint density at radius 2 is 1.53 bits per heavy atom. The van der Waals surface area contributed by atoms with Crippen LogP contribution in [0.2, 0.25) is 0 Å². The van der Waals surface area contributed by atoms with Crippen LogP contribution in [-0.2, 0) is 0 Å². The number of aliphatic hydroxyl groups excluding tert-OH is 1. The molecule has 0 saturated heterocycles. The first-order valence-electron chi connectivity index (χ1n) is 6.85. The van der Waals surface area contributed by atoms with E-state index < -0.39 is 0 Å². The molecule has 0 bridgehead atoms. The average Bonchev–Trinajstić information content (AvgIpc) is 2.44. The fraction of sp³-hybridized carbons (Fsp3) is 0.294. The second-order valence-electron chi connectivity index (χ2n) is 5.01. The first kappa shape index (κ1) is 12.2. The lowest BCUT2D eigenvalue weighted by atomic mass is 9.82. The first-order valence-corrected chi connectivity index (χ1v) is 6.85. The van der Waals surface area contributed by atoms with Crippen molar-refractivity contribution in [2.75, 3.05) is 0 Å². The highest BCUT2D eigenvalue weighted by Gasteiger charge is 2.31. The van der Waals surface area contributed by atoms with E-state index in [1.807, 2.05) is 36.4 Å². The molecule has 0 radical (unpaired) electrons. The van der Waals surface area contributed by atoms with Gasteiger partial charge in [0.1, 0.15) is 11.5 Å². The van der Waals surface area contributed by atoms with Gasteiger partial charge < -0.3 is 9.84 Å². The summed E-state index contributed by atoms with van der Waals surface area (Å²) in [7, 11) is 0. The molecule has 2 heteroatoms.